The number of anilines is 2. The van der Waals surface area contributed by atoms with E-state index in [1.54, 1.807) is 11.0 Å². The molecule has 0 saturated heterocycles. The highest BCUT2D eigenvalue weighted by atomic mass is 19.1. The number of aliphatic imine (C=N–C) groups is 1. The first-order chi connectivity index (χ1) is 14.7. The van der Waals surface area contributed by atoms with Crippen LogP contribution in [0.5, 0.6) is 0 Å². The molecular formula is C21H19FN6O3. The predicted octanol–water partition coefficient (Wildman–Crippen LogP) is 0.486. The Labute approximate surface area is 175 Å². The van der Waals surface area contributed by atoms with Crippen LogP contribution in [0.25, 0.3) is 0 Å². The SMILES string of the molecule is Cn1c2c(c(=O)n(C)c1=O)[C@@](O)(c1ccc(F)cc1)N=C1N(N)c3ccccc3N1C2. The van der Waals surface area contributed by atoms with E-state index < -0.39 is 22.8 Å². The Balaban J connectivity index is 1.90. The molecule has 5 rings (SSSR count). The second-order valence-corrected chi connectivity index (χ2v) is 7.56. The van der Waals surface area contributed by atoms with Crippen molar-refractivity contribution in [2.24, 2.45) is 24.9 Å². The number of nitrogens with zero attached hydrogens (tertiary/aromatic N) is 5. The van der Waals surface area contributed by atoms with Crippen molar-refractivity contribution >= 4 is 17.3 Å². The van der Waals surface area contributed by atoms with Gasteiger partial charge in [0.25, 0.3) is 5.56 Å². The number of halogens is 1. The number of para-hydroxylation sites is 2. The highest BCUT2D eigenvalue weighted by molar-refractivity contribution is 6.15. The Morgan fingerprint density at radius 3 is 2.35 bits per heavy atom. The fourth-order valence-electron chi connectivity index (χ4n) is 4.17. The summed E-state index contributed by atoms with van der Waals surface area (Å²) in [6, 6.07) is 12.3. The number of hydrogen-bond donors (Lipinski definition) is 2. The summed E-state index contributed by atoms with van der Waals surface area (Å²) >= 11 is 0. The third kappa shape index (κ3) is 2.52. The van der Waals surface area contributed by atoms with Crippen LogP contribution in [0.4, 0.5) is 15.8 Å². The lowest BCUT2D eigenvalue weighted by Gasteiger charge is -2.26. The van der Waals surface area contributed by atoms with Crippen LogP contribution in [0.3, 0.4) is 0 Å². The molecule has 0 radical (unpaired) electrons. The van der Waals surface area contributed by atoms with Crippen molar-refractivity contribution in [3.05, 3.63) is 92.0 Å². The minimum absolute atomic E-state index is 0.0736. The number of aliphatic hydroxyl groups is 1. The lowest BCUT2D eigenvalue weighted by molar-refractivity contribution is 0.0875. The Morgan fingerprint density at radius 2 is 1.68 bits per heavy atom. The zero-order valence-electron chi connectivity index (χ0n) is 16.8. The van der Waals surface area contributed by atoms with Gasteiger partial charge in [-0.15, -0.1) is 0 Å². The van der Waals surface area contributed by atoms with Gasteiger partial charge in [-0.25, -0.2) is 25.0 Å². The van der Waals surface area contributed by atoms with Gasteiger partial charge in [0.05, 0.1) is 29.2 Å². The first kappa shape index (κ1) is 19.2. The van der Waals surface area contributed by atoms with Crippen molar-refractivity contribution < 1.29 is 9.50 Å². The van der Waals surface area contributed by atoms with Crippen LogP contribution < -0.4 is 27.0 Å². The molecule has 0 fully saturated rings. The van der Waals surface area contributed by atoms with E-state index in [4.69, 9.17) is 5.84 Å². The number of rotatable bonds is 1. The number of hydrazine groups is 1. The third-order valence-electron chi connectivity index (χ3n) is 5.84. The van der Waals surface area contributed by atoms with Gasteiger partial charge in [-0.3, -0.25) is 13.9 Å². The number of hydrogen-bond acceptors (Lipinski definition) is 7. The molecule has 2 aliphatic rings. The number of guanidine groups is 1. The van der Waals surface area contributed by atoms with Crippen LogP contribution in [-0.2, 0) is 26.4 Å². The second-order valence-electron chi connectivity index (χ2n) is 7.56. The lowest BCUT2D eigenvalue weighted by Crippen LogP contribution is -2.46. The van der Waals surface area contributed by atoms with Crippen LogP contribution in [-0.4, -0.2) is 20.2 Å². The molecule has 0 unspecified atom stereocenters. The maximum Gasteiger partial charge on any atom is 0.330 e. The largest absolute Gasteiger partial charge is 0.362 e. The molecule has 10 heteroatoms. The molecule has 31 heavy (non-hydrogen) atoms. The minimum atomic E-state index is -2.20. The second kappa shape index (κ2) is 6.37. The number of fused-ring (bicyclic) bond motifs is 4. The topological polar surface area (TPSA) is 109 Å². The van der Waals surface area contributed by atoms with Crippen molar-refractivity contribution in [1.29, 1.82) is 0 Å². The average molecular weight is 422 g/mol. The van der Waals surface area contributed by atoms with Gasteiger partial charge < -0.3 is 10.0 Å². The van der Waals surface area contributed by atoms with Crippen LogP contribution in [0.1, 0.15) is 16.8 Å². The van der Waals surface area contributed by atoms with Gasteiger partial charge in [0.2, 0.25) is 11.7 Å². The molecule has 2 aliphatic heterocycles. The summed E-state index contributed by atoms with van der Waals surface area (Å²) in [6.45, 7) is 0.0736. The smallest absolute Gasteiger partial charge is 0.330 e. The zero-order chi connectivity index (χ0) is 22.1. The van der Waals surface area contributed by atoms with Crippen LogP contribution in [0, 0.1) is 5.82 Å². The molecule has 158 valence electrons. The maximum absolute atomic E-state index is 13.6. The van der Waals surface area contributed by atoms with Crippen LogP contribution in [0.2, 0.25) is 0 Å². The van der Waals surface area contributed by atoms with E-state index in [-0.39, 0.29) is 29.3 Å². The first-order valence-corrected chi connectivity index (χ1v) is 9.53. The fraction of sp³-hybridized carbons (Fsp3) is 0.190. The summed E-state index contributed by atoms with van der Waals surface area (Å²) in [5, 5.41) is 13.2. The van der Waals surface area contributed by atoms with E-state index in [0.29, 0.717) is 11.4 Å². The predicted molar refractivity (Wildman–Crippen MR) is 113 cm³/mol. The van der Waals surface area contributed by atoms with Crippen molar-refractivity contribution in [2.45, 2.75) is 12.3 Å². The first-order valence-electron chi connectivity index (χ1n) is 9.53. The van der Waals surface area contributed by atoms with E-state index in [1.165, 1.54) is 47.9 Å². The summed E-state index contributed by atoms with van der Waals surface area (Å²) in [7, 11) is 2.86. The number of aromatic nitrogens is 2. The minimum Gasteiger partial charge on any atom is -0.362 e. The van der Waals surface area contributed by atoms with Gasteiger partial charge in [0.15, 0.2) is 0 Å². The highest BCUT2D eigenvalue weighted by Crippen LogP contribution is 2.41. The van der Waals surface area contributed by atoms with Gasteiger partial charge in [0.1, 0.15) is 5.82 Å². The molecule has 3 heterocycles. The summed E-state index contributed by atoms with van der Waals surface area (Å²) < 4.78 is 15.8. The van der Waals surface area contributed by atoms with E-state index in [2.05, 4.69) is 4.99 Å². The number of benzene rings is 2. The van der Waals surface area contributed by atoms with Crippen molar-refractivity contribution in [2.75, 3.05) is 9.91 Å². The molecule has 3 aromatic rings. The normalized spacial score (nSPS) is 19.5. The Hall–Kier alpha value is -3.76. The molecule has 3 N–H and O–H groups in total. The van der Waals surface area contributed by atoms with Gasteiger partial charge in [-0.2, -0.15) is 0 Å². The fourth-order valence-corrected chi connectivity index (χ4v) is 4.17. The Kier molecular flexibility index (Phi) is 3.95. The number of nitrogens with two attached hydrogens (primary N) is 1. The Morgan fingerprint density at radius 1 is 1.03 bits per heavy atom. The molecule has 0 spiro atoms. The van der Waals surface area contributed by atoms with Gasteiger partial charge in [-0.1, -0.05) is 24.3 Å². The lowest BCUT2D eigenvalue weighted by atomic mass is 9.94. The Bertz CT molecular complexity index is 1380. The quantitative estimate of drug-likeness (QED) is 0.553. The van der Waals surface area contributed by atoms with Gasteiger partial charge in [0, 0.05) is 19.7 Å². The van der Waals surface area contributed by atoms with Gasteiger partial charge >= 0.3 is 5.69 Å². The standard InChI is InChI=1S/C21H19FN6O3/c1-25-16-11-27-14-5-3-4-6-15(14)28(23)19(27)24-21(31,12-7-9-13(22)10-8-12)17(16)18(29)26(2)20(25)30/h3-10,31H,11,23H2,1-2H3/t21-/m0/s1. The van der Waals surface area contributed by atoms with E-state index in [0.717, 1.165) is 4.57 Å². The van der Waals surface area contributed by atoms with Crippen molar-refractivity contribution in [1.82, 2.24) is 9.13 Å². The van der Waals surface area contributed by atoms with Crippen molar-refractivity contribution in [3.63, 3.8) is 0 Å². The van der Waals surface area contributed by atoms with Crippen molar-refractivity contribution in [3.8, 4) is 0 Å². The average Bonchev–Trinajstić information content (AvgIpc) is 2.92. The van der Waals surface area contributed by atoms with Gasteiger partial charge in [-0.05, 0) is 24.3 Å². The molecule has 0 amide bonds. The third-order valence-corrected chi connectivity index (χ3v) is 5.84. The molecule has 2 aromatic carbocycles. The van der Waals surface area contributed by atoms with E-state index in [9.17, 15) is 19.1 Å². The summed E-state index contributed by atoms with van der Waals surface area (Å²) in [5.41, 5.74) is -1.69. The van der Waals surface area contributed by atoms with E-state index >= 15 is 0 Å². The molecule has 0 bridgehead atoms. The summed E-state index contributed by atoms with van der Waals surface area (Å²) in [5.74, 6) is 5.99. The summed E-state index contributed by atoms with van der Waals surface area (Å²) in [6.07, 6.45) is 0. The monoisotopic (exact) mass is 422 g/mol. The molecule has 1 aromatic heterocycles. The summed E-state index contributed by atoms with van der Waals surface area (Å²) in [4.78, 5) is 32.2. The van der Waals surface area contributed by atoms with Crippen LogP contribution >= 0.6 is 0 Å². The zero-order valence-corrected chi connectivity index (χ0v) is 16.8. The molecular weight excluding hydrogens is 403 g/mol. The maximum atomic E-state index is 13.6. The molecule has 1 atom stereocenters. The van der Waals surface area contributed by atoms with E-state index in [1.807, 2.05) is 18.2 Å². The molecule has 0 aliphatic carbocycles. The highest BCUT2D eigenvalue weighted by Gasteiger charge is 2.45. The van der Waals surface area contributed by atoms with Crippen LogP contribution in [0.15, 0.2) is 63.1 Å². The molecule has 0 saturated carbocycles. The molecule has 9 nitrogen and oxygen atoms in total.